The molecular formula is C13H13FN2O. The molecule has 2 aromatic rings. The highest BCUT2D eigenvalue weighted by Crippen LogP contribution is 2.26. The van der Waals surface area contributed by atoms with Crippen LogP contribution in [0.15, 0.2) is 30.3 Å². The molecule has 1 aromatic heterocycles. The Morgan fingerprint density at radius 1 is 1.18 bits per heavy atom. The summed E-state index contributed by atoms with van der Waals surface area (Å²) < 4.78 is 18.6. The largest absolute Gasteiger partial charge is 0.437 e. The number of pyridine rings is 1. The fourth-order valence-corrected chi connectivity index (χ4v) is 1.42. The monoisotopic (exact) mass is 232 g/mol. The molecule has 0 unspecified atom stereocenters. The molecule has 1 heterocycles. The van der Waals surface area contributed by atoms with Crippen LogP contribution >= 0.6 is 0 Å². The summed E-state index contributed by atoms with van der Waals surface area (Å²) in [6.45, 7) is 3.53. The predicted octanol–water partition coefficient (Wildman–Crippen LogP) is 3.21. The normalized spacial score (nSPS) is 10.3. The number of aromatic nitrogens is 1. The fraction of sp³-hybridized carbons (Fsp3) is 0.154. The van der Waals surface area contributed by atoms with Crippen LogP contribution in [0.4, 0.5) is 10.1 Å². The van der Waals surface area contributed by atoms with Gasteiger partial charge in [0.2, 0.25) is 5.88 Å². The minimum Gasteiger partial charge on any atom is -0.437 e. The Labute approximate surface area is 99.1 Å². The topological polar surface area (TPSA) is 48.1 Å². The van der Waals surface area contributed by atoms with E-state index in [0.29, 0.717) is 22.9 Å². The van der Waals surface area contributed by atoms with Gasteiger partial charge in [-0.2, -0.15) is 0 Å². The number of aryl methyl sites for hydroxylation is 2. The quantitative estimate of drug-likeness (QED) is 0.864. The van der Waals surface area contributed by atoms with Crippen molar-refractivity contribution in [3.05, 3.63) is 47.4 Å². The molecule has 0 amide bonds. The molecule has 0 aliphatic heterocycles. The molecule has 2 rings (SSSR count). The van der Waals surface area contributed by atoms with Gasteiger partial charge in [0.05, 0.1) is 5.69 Å². The van der Waals surface area contributed by atoms with E-state index >= 15 is 0 Å². The Morgan fingerprint density at radius 3 is 2.65 bits per heavy atom. The Morgan fingerprint density at radius 2 is 1.94 bits per heavy atom. The Kier molecular flexibility index (Phi) is 2.95. The third kappa shape index (κ3) is 2.53. The van der Waals surface area contributed by atoms with E-state index in [1.807, 2.05) is 6.92 Å². The molecule has 2 N–H and O–H groups in total. The second-order valence-corrected chi connectivity index (χ2v) is 3.86. The van der Waals surface area contributed by atoms with Crippen LogP contribution in [0.3, 0.4) is 0 Å². The van der Waals surface area contributed by atoms with E-state index in [0.717, 1.165) is 5.69 Å². The van der Waals surface area contributed by atoms with Crippen molar-refractivity contribution in [1.82, 2.24) is 4.98 Å². The van der Waals surface area contributed by atoms with Crippen molar-refractivity contribution in [3.8, 4) is 11.6 Å². The van der Waals surface area contributed by atoms with E-state index in [4.69, 9.17) is 10.5 Å². The number of rotatable bonds is 2. The van der Waals surface area contributed by atoms with Crippen LogP contribution in [-0.4, -0.2) is 4.98 Å². The molecule has 0 saturated carbocycles. The summed E-state index contributed by atoms with van der Waals surface area (Å²) in [6, 6.07) is 8.05. The summed E-state index contributed by atoms with van der Waals surface area (Å²) in [7, 11) is 0. The summed E-state index contributed by atoms with van der Waals surface area (Å²) in [6.07, 6.45) is 0. The molecule has 0 aliphatic rings. The van der Waals surface area contributed by atoms with Gasteiger partial charge in [0, 0.05) is 5.69 Å². The number of halogens is 1. The number of hydrogen-bond acceptors (Lipinski definition) is 3. The molecule has 0 atom stereocenters. The molecule has 3 nitrogen and oxygen atoms in total. The summed E-state index contributed by atoms with van der Waals surface area (Å²) in [4.78, 5) is 4.18. The van der Waals surface area contributed by atoms with E-state index < -0.39 is 0 Å². The number of hydrogen-bond donors (Lipinski definition) is 1. The molecule has 88 valence electrons. The number of nitrogen functional groups attached to an aromatic ring is 1. The van der Waals surface area contributed by atoms with Gasteiger partial charge in [-0.05, 0) is 49.7 Å². The number of nitrogens with two attached hydrogens (primary N) is 1. The zero-order valence-electron chi connectivity index (χ0n) is 9.70. The van der Waals surface area contributed by atoms with Crippen LogP contribution in [0.1, 0.15) is 11.3 Å². The van der Waals surface area contributed by atoms with Crippen LogP contribution in [-0.2, 0) is 0 Å². The first-order valence-corrected chi connectivity index (χ1v) is 5.23. The standard InChI is InChI=1S/C13H13FN2O/c1-8-7-10(4-5-11(8)14)17-13-12(15)6-3-9(2)16-13/h3-7H,15H2,1-2H3. The highest BCUT2D eigenvalue weighted by atomic mass is 19.1. The highest BCUT2D eigenvalue weighted by Gasteiger charge is 2.06. The van der Waals surface area contributed by atoms with Crippen molar-refractivity contribution >= 4 is 5.69 Å². The van der Waals surface area contributed by atoms with Crippen LogP contribution in [0.2, 0.25) is 0 Å². The maximum atomic E-state index is 13.1. The third-order valence-corrected chi connectivity index (χ3v) is 2.37. The molecule has 17 heavy (non-hydrogen) atoms. The van der Waals surface area contributed by atoms with Crippen molar-refractivity contribution in [2.24, 2.45) is 0 Å². The van der Waals surface area contributed by atoms with E-state index in [-0.39, 0.29) is 5.82 Å². The van der Waals surface area contributed by atoms with Gasteiger partial charge in [-0.15, -0.1) is 0 Å². The molecule has 0 spiro atoms. The summed E-state index contributed by atoms with van der Waals surface area (Å²) in [5.74, 6) is 0.604. The van der Waals surface area contributed by atoms with E-state index in [1.54, 1.807) is 31.2 Å². The van der Waals surface area contributed by atoms with E-state index in [2.05, 4.69) is 4.98 Å². The molecule has 4 heteroatoms. The lowest BCUT2D eigenvalue weighted by Crippen LogP contribution is -1.96. The van der Waals surface area contributed by atoms with Gasteiger partial charge in [0.15, 0.2) is 0 Å². The van der Waals surface area contributed by atoms with Crippen LogP contribution in [0.5, 0.6) is 11.6 Å². The minimum atomic E-state index is -0.262. The Balaban J connectivity index is 2.31. The van der Waals surface area contributed by atoms with Gasteiger partial charge in [-0.25, -0.2) is 9.37 Å². The van der Waals surface area contributed by atoms with Gasteiger partial charge in [-0.1, -0.05) is 0 Å². The number of nitrogens with zero attached hydrogens (tertiary/aromatic N) is 1. The molecule has 0 radical (unpaired) electrons. The minimum absolute atomic E-state index is 0.262. The summed E-state index contributed by atoms with van der Waals surface area (Å²) in [5.41, 5.74) is 7.53. The van der Waals surface area contributed by atoms with Crippen LogP contribution in [0, 0.1) is 19.7 Å². The Hall–Kier alpha value is -2.10. The third-order valence-electron chi connectivity index (χ3n) is 2.37. The summed E-state index contributed by atoms with van der Waals surface area (Å²) >= 11 is 0. The highest BCUT2D eigenvalue weighted by molar-refractivity contribution is 5.50. The predicted molar refractivity (Wildman–Crippen MR) is 64.6 cm³/mol. The average molecular weight is 232 g/mol. The lowest BCUT2D eigenvalue weighted by atomic mass is 10.2. The number of anilines is 1. The molecule has 0 bridgehead atoms. The molecule has 1 aromatic carbocycles. The molecule has 0 fully saturated rings. The smallest absolute Gasteiger partial charge is 0.242 e. The molecule has 0 aliphatic carbocycles. The van der Waals surface area contributed by atoms with E-state index in [1.165, 1.54) is 6.07 Å². The average Bonchev–Trinajstić information content (AvgIpc) is 2.29. The maximum absolute atomic E-state index is 13.1. The van der Waals surface area contributed by atoms with Gasteiger partial charge in [0.25, 0.3) is 0 Å². The van der Waals surface area contributed by atoms with Crippen molar-refractivity contribution in [1.29, 1.82) is 0 Å². The van der Waals surface area contributed by atoms with Crippen molar-refractivity contribution in [2.45, 2.75) is 13.8 Å². The zero-order valence-corrected chi connectivity index (χ0v) is 9.70. The van der Waals surface area contributed by atoms with Crippen LogP contribution in [0.25, 0.3) is 0 Å². The maximum Gasteiger partial charge on any atom is 0.242 e. The summed E-state index contributed by atoms with van der Waals surface area (Å²) in [5, 5.41) is 0. The Bertz CT molecular complexity index is 555. The van der Waals surface area contributed by atoms with Crippen molar-refractivity contribution < 1.29 is 9.13 Å². The van der Waals surface area contributed by atoms with Gasteiger partial charge < -0.3 is 10.5 Å². The molecule has 0 saturated heterocycles. The van der Waals surface area contributed by atoms with Gasteiger partial charge >= 0.3 is 0 Å². The fourth-order valence-electron chi connectivity index (χ4n) is 1.42. The lowest BCUT2D eigenvalue weighted by Gasteiger charge is -2.08. The second-order valence-electron chi connectivity index (χ2n) is 3.86. The van der Waals surface area contributed by atoms with Crippen molar-refractivity contribution in [2.75, 3.05) is 5.73 Å². The number of ether oxygens (including phenoxy) is 1. The van der Waals surface area contributed by atoms with Crippen molar-refractivity contribution in [3.63, 3.8) is 0 Å². The SMILES string of the molecule is Cc1ccc(N)c(Oc2ccc(F)c(C)c2)n1. The van der Waals surface area contributed by atoms with Crippen LogP contribution < -0.4 is 10.5 Å². The first kappa shape index (κ1) is 11.4. The molecular weight excluding hydrogens is 219 g/mol. The number of benzene rings is 1. The van der Waals surface area contributed by atoms with Gasteiger partial charge in [-0.3, -0.25) is 0 Å². The van der Waals surface area contributed by atoms with E-state index in [9.17, 15) is 4.39 Å². The second kappa shape index (κ2) is 4.41. The van der Waals surface area contributed by atoms with Gasteiger partial charge in [0.1, 0.15) is 11.6 Å². The first-order chi connectivity index (χ1) is 8.06. The first-order valence-electron chi connectivity index (χ1n) is 5.23. The lowest BCUT2D eigenvalue weighted by molar-refractivity contribution is 0.462. The zero-order chi connectivity index (χ0) is 12.4.